The van der Waals surface area contributed by atoms with Gasteiger partial charge in [-0.15, -0.1) is 0 Å². The summed E-state index contributed by atoms with van der Waals surface area (Å²) in [5.74, 6) is 1.37. The van der Waals surface area contributed by atoms with Gasteiger partial charge in [-0.1, -0.05) is 6.92 Å². The summed E-state index contributed by atoms with van der Waals surface area (Å²) < 4.78 is 0. The van der Waals surface area contributed by atoms with E-state index in [4.69, 9.17) is 0 Å². The van der Waals surface area contributed by atoms with Crippen LogP contribution >= 0.6 is 0 Å². The molecule has 0 spiro atoms. The molecule has 1 N–H and O–H groups in total. The lowest BCUT2D eigenvalue weighted by Crippen LogP contribution is -2.44. The Morgan fingerprint density at radius 3 is 2.79 bits per heavy atom. The minimum Gasteiger partial charge on any atom is -0.341 e. The van der Waals surface area contributed by atoms with Crippen molar-refractivity contribution in [3.8, 4) is 0 Å². The molecular weight excluding hydrogens is 176 g/mol. The Labute approximate surface area is 85.8 Å². The highest BCUT2D eigenvalue weighted by atomic mass is 16.2. The van der Waals surface area contributed by atoms with E-state index in [2.05, 4.69) is 17.1 Å². The standard InChI is InChI=1S/C11H20N2O/c1-9-3-4-10(9)11(14)13-7-2-5-12-6-8-13/h9-10,12H,2-8H2,1H3/t9-,10+/m1/s1. The number of nitrogens with zero attached hydrogens (tertiary/aromatic N) is 1. The average molecular weight is 196 g/mol. The van der Waals surface area contributed by atoms with E-state index < -0.39 is 0 Å². The van der Waals surface area contributed by atoms with Crippen molar-refractivity contribution in [2.24, 2.45) is 11.8 Å². The molecule has 1 aliphatic carbocycles. The van der Waals surface area contributed by atoms with Gasteiger partial charge in [0.05, 0.1) is 0 Å². The Hall–Kier alpha value is -0.570. The lowest BCUT2D eigenvalue weighted by Gasteiger charge is -2.36. The molecule has 1 aliphatic heterocycles. The summed E-state index contributed by atoms with van der Waals surface area (Å²) in [4.78, 5) is 14.1. The number of amides is 1. The smallest absolute Gasteiger partial charge is 0.225 e. The van der Waals surface area contributed by atoms with Crippen molar-refractivity contribution in [2.75, 3.05) is 26.2 Å². The molecule has 2 rings (SSSR count). The summed E-state index contributed by atoms with van der Waals surface area (Å²) in [6.45, 7) is 6.08. The predicted octanol–water partition coefficient (Wildman–Crippen LogP) is 0.854. The second kappa shape index (κ2) is 4.30. The third-order valence-corrected chi connectivity index (χ3v) is 3.59. The molecule has 14 heavy (non-hydrogen) atoms. The predicted molar refractivity (Wildman–Crippen MR) is 56.0 cm³/mol. The summed E-state index contributed by atoms with van der Waals surface area (Å²) in [7, 11) is 0. The van der Waals surface area contributed by atoms with Crippen LogP contribution in [0.3, 0.4) is 0 Å². The van der Waals surface area contributed by atoms with E-state index >= 15 is 0 Å². The van der Waals surface area contributed by atoms with Gasteiger partial charge in [-0.25, -0.2) is 0 Å². The second-order valence-electron chi connectivity index (χ2n) is 4.59. The highest BCUT2D eigenvalue weighted by Crippen LogP contribution is 2.35. The monoisotopic (exact) mass is 196 g/mol. The number of nitrogens with one attached hydrogen (secondary N) is 1. The topological polar surface area (TPSA) is 32.3 Å². The first-order valence-corrected chi connectivity index (χ1v) is 5.78. The fourth-order valence-electron chi connectivity index (χ4n) is 2.33. The van der Waals surface area contributed by atoms with Crippen LogP contribution in [0.4, 0.5) is 0 Å². The Morgan fingerprint density at radius 1 is 1.29 bits per heavy atom. The molecule has 2 aliphatic rings. The summed E-state index contributed by atoms with van der Waals surface area (Å²) >= 11 is 0. The Morgan fingerprint density at radius 2 is 2.14 bits per heavy atom. The summed E-state index contributed by atoms with van der Waals surface area (Å²) in [5, 5.41) is 3.32. The van der Waals surface area contributed by atoms with Gasteiger partial charge >= 0.3 is 0 Å². The lowest BCUT2D eigenvalue weighted by molar-refractivity contribution is -0.140. The molecule has 1 amide bonds. The summed E-state index contributed by atoms with van der Waals surface area (Å²) in [6, 6.07) is 0. The third kappa shape index (κ3) is 1.92. The maximum atomic E-state index is 12.0. The molecule has 1 heterocycles. The van der Waals surface area contributed by atoms with Crippen LogP contribution in [0, 0.1) is 11.8 Å². The Kier molecular flexibility index (Phi) is 3.06. The molecule has 3 nitrogen and oxygen atoms in total. The van der Waals surface area contributed by atoms with Gasteiger partial charge < -0.3 is 10.2 Å². The van der Waals surface area contributed by atoms with Crippen LogP contribution in [0.15, 0.2) is 0 Å². The van der Waals surface area contributed by atoms with Gasteiger partial charge in [-0.3, -0.25) is 4.79 Å². The van der Waals surface area contributed by atoms with Crippen LogP contribution in [0.5, 0.6) is 0 Å². The van der Waals surface area contributed by atoms with E-state index in [1.165, 1.54) is 6.42 Å². The molecule has 1 saturated heterocycles. The second-order valence-corrected chi connectivity index (χ2v) is 4.59. The largest absolute Gasteiger partial charge is 0.341 e. The van der Waals surface area contributed by atoms with E-state index in [9.17, 15) is 4.79 Å². The Balaban J connectivity index is 1.89. The molecule has 0 bridgehead atoms. The van der Waals surface area contributed by atoms with Crippen LogP contribution in [0.1, 0.15) is 26.2 Å². The molecule has 0 radical (unpaired) electrons. The first-order chi connectivity index (χ1) is 6.79. The zero-order chi connectivity index (χ0) is 9.97. The van der Waals surface area contributed by atoms with Crippen LogP contribution < -0.4 is 5.32 Å². The van der Waals surface area contributed by atoms with Crippen LogP contribution in [0.2, 0.25) is 0 Å². The number of hydrogen-bond donors (Lipinski definition) is 1. The normalized spacial score (nSPS) is 33.4. The van der Waals surface area contributed by atoms with E-state index in [0.717, 1.165) is 39.0 Å². The molecule has 80 valence electrons. The molecule has 0 aromatic heterocycles. The van der Waals surface area contributed by atoms with E-state index in [-0.39, 0.29) is 0 Å². The summed E-state index contributed by atoms with van der Waals surface area (Å²) in [6.07, 6.45) is 3.46. The third-order valence-electron chi connectivity index (χ3n) is 3.59. The van der Waals surface area contributed by atoms with Gasteiger partial charge in [-0.2, -0.15) is 0 Å². The lowest BCUT2D eigenvalue weighted by atomic mass is 9.74. The number of rotatable bonds is 1. The fraction of sp³-hybridized carbons (Fsp3) is 0.909. The highest BCUT2D eigenvalue weighted by Gasteiger charge is 2.35. The van der Waals surface area contributed by atoms with Crippen LogP contribution in [-0.4, -0.2) is 37.0 Å². The maximum Gasteiger partial charge on any atom is 0.225 e. The van der Waals surface area contributed by atoms with E-state index in [1.807, 2.05) is 0 Å². The maximum absolute atomic E-state index is 12.0. The van der Waals surface area contributed by atoms with Crippen molar-refractivity contribution in [3.63, 3.8) is 0 Å². The van der Waals surface area contributed by atoms with Gasteiger partial charge in [0.2, 0.25) is 5.91 Å². The zero-order valence-electron chi connectivity index (χ0n) is 8.96. The van der Waals surface area contributed by atoms with Crippen LogP contribution in [-0.2, 0) is 4.79 Å². The van der Waals surface area contributed by atoms with Crippen molar-refractivity contribution in [2.45, 2.75) is 26.2 Å². The number of carbonyl (C=O) groups is 1. The van der Waals surface area contributed by atoms with Crippen molar-refractivity contribution in [3.05, 3.63) is 0 Å². The molecule has 1 saturated carbocycles. The van der Waals surface area contributed by atoms with Gasteiger partial charge in [0, 0.05) is 25.6 Å². The number of carbonyl (C=O) groups excluding carboxylic acids is 1. The molecule has 0 aromatic carbocycles. The van der Waals surface area contributed by atoms with Gasteiger partial charge in [0.15, 0.2) is 0 Å². The zero-order valence-corrected chi connectivity index (χ0v) is 8.96. The van der Waals surface area contributed by atoms with Crippen molar-refractivity contribution < 1.29 is 4.79 Å². The van der Waals surface area contributed by atoms with Crippen LogP contribution in [0.25, 0.3) is 0 Å². The minimum absolute atomic E-state index is 0.341. The quantitative estimate of drug-likeness (QED) is 0.674. The first-order valence-electron chi connectivity index (χ1n) is 5.78. The molecular formula is C11H20N2O. The fourth-order valence-corrected chi connectivity index (χ4v) is 2.33. The molecule has 0 aromatic rings. The molecule has 3 heteroatoms. The van der Waals surface area contributed by atoms with Gasteiger partial charge in [0.25, 0.3) is 0 Å². The molecule has 2 atom stereocenters. The summed E-state index contributed by atoms with van der Waals surface area (Å²) in [5.41, 5.74) is 0. The average Bonchev–Trinajstić information content (AvgIpc) is 2.43. The van der Waals surface area contributed by atoms with Crippen molar-refractivity contribution in [1.29, 1.82) is 0 Å². The highest BCUT2D eigenvalue weighted by molar-refractivity contribution is 5.80. The molecule has 0 unspecified atom stereocenters. The minimum atomic E-state index is 0.341. The van der Waals surface area contributed by atoms with Crippen molar-refractivity contribution >= 4 is 5.91 Å². The van der Waals surface area contributed by atoms with E-state index in [0.29, 0.717) is 17.7 Å². The van der Waals surface area contributed by atoms with E-state index in [1.54, 1.807) is 0 Å². The molecule has 2 fully saturated rings. The van der Waals surface area contributed by atoms with Gasteiger partial charge in [0.1, 0.15) is 0 Å². The Bertz CT molecular complexity index is 209. The SMILES string of the molecule is C[C@@H]1CC[C@@H]1C(=O)N1CCCNCC1. The number of hydrogen-bond acceptors (Lipinski definition) is 2. The van der Waals surface area contributed by atoms with Gasteiger partial charge in [-0.05, 0) is 31.7 Å². The first kappa shape index (κ1) is 9.97. The van der Waals surface area contributed by atoms with Crippen molar-refractivity contribution in [1.82, 2.24) is 10.2 Å².